The zero-order valence-corrected chi connectivity index (χ0v) is 14.5. The summed E-state index contributed by atoms with van der Waals surface area (Å²) >= 11 is 18.9. The molecule has 0 aliphatic carbocycles. The van der Waals surface area contributed by atoms with Crippen LogP contribution in [0, 0.1) is 0 Å². The number of fused-ring (bicyclic) bond motifs is 1. The van der Waals surface area contributed by atoms with Gasteiger partial charge in [-0.05, 0) is 40.2 Å². The van der Waals surface area contributed by atoms with Crippen LogP contribution in [-0.2, 0) is 0 Å². The molecular weight excluding hydrogens is 429 g/mol. The summed E-state index contributed by atoms with van der Waals surface area (Å²) in [5.41, 5.74) is 9.05. The van der Waals surface area contributed by atoms with Gasteiger partial charge in [0.2, 0.25) is 0 Å². The van der Waals surface area contributed by atoms with Crippen LogP contribution in [0.25, 0.3) is 22.4 Å². The van der Waals surface area contributed by atoms with Gasteiger partial charge < -0.3 is 10.7 Å². The van der Waals surface area contributed by atoms with Crippen LogP contribution < -0.4 is 5.73 Å². The summed E-state index contributed by atoms with van der Waals surface area (Å²) in [6, 6.07) is 7.26. The van der Waals surface area contributed by atoms with Gasteiger partial charge in [-0.1, -0.05) is 39.1 Å². The lowest BCUT2D eigenvalue weighted by molar-refractivity contribution is 1.33. The Bertz CT molecular complexity index is 791. The number of nitrogens with one attached hydrogen (secondary N) is 1. The van der Waals surface area contributed by atoms with E-state index in [9.17, 15) is 0 Å². The Morgan fingerprint density at radius 2 is 1.75 bits per heavy atom. The third-order valence-electron chi connectivity index (χ3n) is 2.87. The molecule has 3 rings (SSSR count). The third kappa shape index (κ3) is 2.44. The molecule has 0 unspecified atom stereocenters. The van der Waals surface area contributed by atoms with E-state index in [0.29, 0.717) is 21.6 Å². The van der Waals surface area contributed by atoms with Crippen LogP contribution >= 0.6 is 55.1 Å². The predicted octanol–water partition coefficient (Wildman–Crippen LogP) is 5.64. The van der Waals surface area contributed by atoms with Gasteiger partial charge in [-0.2, -0.15) is 0 Å². The fourth-order valence-electron chi connectivity index (χ4n) is 1.91. The number of aromatic nitrogens is 2. The summed E-state index contributed by atoms with van der Waals surface area (Å²) in [4.78, 5) is 7.71. The Hall–Kier alpha value is -0.750. The lowest BCUT2D eigenvalue weighted by Crippen LogP contribution is -1.93. The van der Waals surface area contributed by atoms with Crippen LogP contribution in [0.5, 0.6) is 0 Å². The molecule has 0 saturated carbocycles. The van der Waals surface area contributed by atoms with Gasteiger partial charge in [0.25, 0.3) is 0 Å². The van der Waals surface area contributed by atoms with Crippen molar-refractivity contribution in [1.82, 2.24) is 9.97 Å². The fourth-order valence-corrected chi connectivity index (χ4v) is 3.46. The minimum Gasteiger partial charge on any atom is -0.397 e. The van der Waals surface area contributed by atoms with Crippen molar-refractivity contribution in [3.8, 4) is 11.4 Å². The van der Waals surface area contributed by atoms with Gasteiger partial charge >= 0.3 is 0 Å². The van der Waals surface area contributed by atoms with E-state index in [2.05, 4.69) is 41.8 Å². The van der Waals surface area contributed by atoms with Crippen LogP contribution in [0.1, 0.15) is 0 Å². The molecule has 1 heterocycles. The van der Waals surface area contributed by atoms with E-state index < -0.39 is 0 Å². The second-order valence-corrected chi connectivity index (χ2v) is 6.80. The number of hydrogen-bond donors (Lipinski definition) is 2. The van der Waals surface area contributed by atoms with E-state index in [0.717, 1.165) is 25.5 Å². The second kappa shape index (κ2) is 5.22. The number of rotatable bonds is 1. The number of nitrogen functional groups attached to an aromatic ring is 1. The monoisotopic (exact) mass is 433 g/mol. The number of anilines is 1. The molecule has 102 valence electrons. The highest BCUT2D eigenvalue weighted by atomic mass is 79.9. The highest BCUT2D eigenvalue weighted by Gasteiger charge is 2.13. The van der Waals surface area contributed by atoms with Gasteiger partial charge in [0.05, 0.1) is 26.8 Å². The normalized spacial score (nSPS) is 11.2. The van der Waals surface area contributed by atoms with E-state index in [1.807, 2.05) is 12.1 Å². The minimum atomic E-state index is 0.473. The first kappa shape index (κ1) is 14.2. The SMILES string of the molecule is Nc1c(Br)cc(Br)cc1-c1nc2cc(Cl)c(Cl)cc2[nH]1. The number of hydrogen-bond acceptors (Lipinski definition) is 2. The average Bonchev–Trinajstić information content (AvgIpc) is 2.77. The first-order valence-corrected chi connectivity index (χ1v) is 7.89. The smallest absolute Gasteiger partial charge is 0.140 e. The maximum absolute atomic E-state index is 6.09. The molecule has 3 N–H and O–H groups in total. The quantitative estimate of drug-likeness (QED) is 0.486. The Morgan fingerprint density at radius 3 is 2.50 bits per heavy atom. The number of nitrogens with two attached hydrogens (primary N) is 1. The van der Waals surface area contributed by atoms with Gasteiger partial charge in [-0.15, -0.1) is 0 Å². The topological polar surface area (TPSA) is 54.7 Å². The maximum atomic E-state index is 6.09. The molecule has 0 atom stereocenters. The lowest BCUT2D eigenvalue weighted by atomic mass is 10.2. The summed E-state index contributed by atoms with van der Waals surface area (Å²) in [6.07, 6.45) is 0. The van der Waals surface area contributed by atoms with Crippen molar-refractivity contribution in [1.29, 1.82) is 0 Å². The number of aromatic amines is 1. The first-order valence-electron chi connectivity index (χ1n) is 5.55. The van der Waals surface area contributed by atoms with Crippen molar-refractivity contribution in [2.45, 2.75) is 0 Å². The number of halogens is 4. The summed E-state index contributed by atoms with van der Waals surface area (Å²) in [7, 11) is 0. The van der Waals surface area contributed by atoms with Crippen molar-refractivity contribution in [2.24, 2.45) is 0 Å². The molecule has 0 amide bonds. The molecule has 0 aliphatic rings. The van der Waals surface area contributed by atoms with Gasteiger partial charge in [0.15, 0.2) is 0 Å². The van der Waals surface area contributed by atoms with Gasteiger partial charge in [-0.3, -0.25) is 0 Å². The largest absolute Gasteiger partial charge is 0.397 e. The fraction of sp³-hybridized carbons (Fsp3) is 0. The molecule has 0 saturated heterocycles. The van der Waals surface area contributed by atoms with Crippen LogP contribution in [-0.4, -0.2) is 9.97 Å². The minimum absolute atomic E-state index is 0.473. The van der Waals surface area contributed by atoms with Crippen molar-refractivity contribution in [3.63, 3.8) is 0 Å². The standard InChI is InChI=1S/C13H7Br2Cl2N3/c14-5-1-6(12(18)7(15)2-5)13-19-10-3-8(16)9(17)4-11(10)20-13/h1-4H,18H2,(H,19,20). The highest BCUT2D eigenvalue weighted by Crippen LogP contribution is 2.35. The first-order chi connectivity index (χ1) is 9.45. The highest BCUT2D eigenvalue weighted by molar-refractivity contribution is 9.11. The summed E-state index contributed by atoms with van der Waals surface area (Å²) < 4.78 is 1.71. The van der Waals surface area contributed by atoms with Crippen LogP contribution in [0.3, 0.4) is 0 Å². The number of nitrogens with zero attached hydrogens (tertiary/aromatic N) is 1. The molecule has 3 nitrogen and oxygen atoms in total. The number of imidazole rings is 1. The molecule has 2 aromatic carbocycles. The van der Waals surface area contributed by atoms with Crippen LogP contribution in [0.4, 0.5) is 5.69 Å². The molecule has 7 heteroatoms. The number of benzene rings is 2. The van der Waals surface area contributed by atoms with Crippen LogP contribution in [0.2, 0.25) is 10.0 Å². The summed E-state index contributed by atoms with van der Waals surface area (Å²) in [5, 5.41) is 0.957. The molecule has 0 bridgehead atoms. The average molecular weight is 436 g/mol. The predicted molar refractivity (Wildman–Crippen MR) is 91.4 cm³/mol. The molecular formula is C13H7Br2Cl2N3. The molecule has 20 heavy (non-hydrogen) atoms. The van der Waals surface area contributed by atoms with Gasteiger partial charge in [0.1, 0.15) is 5.82 Å². The Balaban J connectivity index is 2.25. The molecule has 0 radical (unpaired) electrons. The molecule has 0 fully saturated rings. The van der Waals surface area contributed by atoms with Gasteiger partial charge in [-0.25, -0.2) is 4.98 Å². The molecule has 0 aliphatic heterocycles. The summed E-state index contributed by atoms with van der Waals surface area (Å²) in [5.74, 6) is 0.665. The van der Waals surface area contributed by atoms with Crippen molar-refractivity contribution < 1.29 is 0 Å². The lowest BCUT2D eigenvalue weighted by Gasteiger charge is -2.05. The zero-order valence-electron chi connectivity index (χ0n) is 9.85. The Kier molecular flexibility index (Phi) is 3.71. The van der Waals surface area contributed by atoms with E-state index in [1.165, 1.54) is 0 Å². The van der Waals surface area contributed by atoms with E-state index in [1.54, 1.807) is 12.1 Å². The van der Waals surface area contributed by atoms with E-state index in [-0.39, 0.29) is 0 Å². The van der Waals surface area contributed by atoms with E-state index in [4.69, 9.17) is 28.9 Å². The van der Waals surface area contributed by atoms with E-state index >= 15 is 0 Å². The number of H-pyrrole nitrogens is 1. The third-order valence-corrected chi connectivity index (χ3v) is 4.71. The Morgan fingerprint density at radius 1 is 1.05 bits per heavy atom. The molecule has 0 spiro atoms. The Labute approximate surface area is 141 Å². The van der Waals surface area contributed by atoms with Crippen molar-refractivity contribution in [2.75, 3.05) is 5.73 Å². The van der Waals surface area contributed by atoms with Gasteiger partial charge in [0, 0.05) is 14.5 Å². The summed E-state index contributed by atoms with van der Waals surface area (Å²) in [6.45, 7) is 0. The molecule has 1 aromatic heterocycles. The van der Waals surface area contributed by atoms with Crippen molar-refractivity contribution in [3.05, 3.63) is 43.3 Å². The van der Waals surface area contributed by atoms with Crippen molar-refractivity contribution >= 4 is 71.8 Å². The zero-order chi connectivity index (χ0) is 14.4. The van der Waals surface area contributed by atoms with Crippen LogP contribution in [0.15, 0.2) is 33.2 Å². The second-order valence-electron chi connectivity index (χ2n) is 4.22. The maximum Gasteiger partial charge on any atom is 0.140 e. The molecule has 3 aromatic rings.